The lowest BCUT2D eigenvalue weighted by atomic mass is 9.98. The van der Waals surface area contributed by atoms with Gasteiger partial charge in [-0.1, -0.05) is 6.07 Å². The molecule has 1 aromatic heterocycles. The van der Waals surface area contributed by atoms with Crippen LogP contribution in [-0.2, 0) is 17.8 Å². The second-order valence-electron chi connectivity index (χ2n) is 8.63. The molecule has 0 bridgehead atoms. The first-order valence-corrected chi connectivity index (χ1v) is 11.7. The van der Waals surface area contributed by atoms with Crippen LogP contribution < -0.4 is 14.8 Å². The summed E-state index contributed by atoms with van der Waals surface area (Å²) in [6.45, 7) is 1.11. The number of aliphatic carboxylic acids is 1. The van der Waals surface area contributed by atoms with E-state index in [9.17, 15) is 22.4 Å². The van der Waals surface area contributed by atoms with Crippen molar-refractivity contribution in [2.45, 2.75) is 44.5 Å². The van der Waals surface area contributed by atoms with Crippen molar-refractivity contribution >= 4 is 5.97 Å². The fourth-order valence-corrected chi connectivity index (χ4v) is 4.26. The molecule has 7 nitrogen and oxygen atoms in total. The molecule has 1 aliphatic rings. The van der Waals surface area contributed by atoms with Gasteiger partial charge in [0.25, 0.3) is 0 Å². The minimum Gasteiger partial charge on any atom is -0.494 e. The van der Waals surface area contributed by atoms with Crippen LogP contribution in [0.4, 0.5) is 17.6 Å². The molecule has 11 heteroatoms. The summed E-state index contributed by atoms with van der Waals surface area (Å²) in [6, 6.07) is 10.8. The third-order valence-electron chi connectivity index (χ3n) is 5.96. The Balaban J connectivity index is 1.23. The molecule has 0 saturated heterocycles. The number of nitrogens with zero attached hydrogens (tertiary/aromatic N) is 2. The molecule has 0 spiro atoms. The highest BCUT2D eigenvalue weighted by atomic mass is 19.4. The maximum absolute atomic E-state index is 14.2. The molecule has 0 amide bonds. The van der Waals surface area contributed by atoms with Crippen molar-refractivity contribution in [3.05, 3.63) is 71.3 Å². The fraction of sp³-hybridized carbons (Fsp3) is 0.346. The van der Waals surface area contributed by atoms with Crippen LogP contribution in [0.5, 0.6) is 11.5 Å². The molecular weight excluding hydrogens is 494 g/mol. The van der Waals surface area contributed by atoms with Crippen LogP contribution >= 0.6 is 0 Å². The number of halogens is 4. The molecule has 2 N–H and O–H groups in total. The molecule has 196 valence electrons. The first-order chi connectivity index (χ1) is 17.7. The Morgan fingerprint density at radius 3 is 2.62 bits per heavy atom. The number of hydrogen-bond donors (Lipinski definition) is 2. The van der Waals surface area contributed by atoms with E-state index in [0.717, 1.165) is 48.0 Å². The normalized spacial score (nSPS) is 14.9. The Kier molecular flexibility index (Phi) is 8.22. The van der Waals surface area contributed by atoms with Crippen LogP contribution in [0.15, 0.2) is 48.7 Å². The molecule has 0 aliphatic heterocycles. The molecular formula is C26H25F4N3O4. The van der Waals surface area contributed by atoms with E-state index in [0.29, 0.717) is 25.1 Å². The van der Waals surface area contributed by atoms with Gasteiger partial charge in [-0.25, -0.2) is 14.4 Å². The summed E-state index contributed by atoms with van der Waals surface area (Å²) in [5.41, 5.74) is 2.76. The van der Waals surface area contributed by atoms with E-state index in [1.165, 1.54) is 12.1 Å². The molecule has 0 radical (unpaired) electrons. The number of carboxylic acid groups (broad SMARTS) is 1. The van der Waals surface area contributed by atoms with Crippen LogP contribution in [0.1, 0.15) is 42.0 Å². The fourth-order valence-electron chi connectivity index (χ4n) is 4.26. The van der Waals surface area contributed by atoms with Crippen molar-refractivity contribution in [1.29, 1.82) is 0 Å². The first kappa shape index (κ1) is 26.3. The molecule has 4 rings (SSSR count). The summed E-state index contributed by atoms with van der Waals surface area (Å²) in [6.07, 6.45) is -1.31. The standard InChI is InChI=1S/C26H25F4N3O4/c27-22-14-32-25(16-4-6-19(7-5-16)37-26(28,29)30)33-23(22)15-31-10-1-11-36-20-8-9-21-17(12-20)2-3-18(21)13-24(34)35/h4-9,12,14,18,31H,1-3,10-11,13,15H2,(H,34,35)/t18-/m0/s1. The zero-order valence-corrected chi connectivity index (χ0v) is 19.7. The largest absolute Gasteiger partial charge is 0.573 e. The molecule has 0 fully saturated rings. The van der Waals surface area contributed by atoms with Gasteiger partial charge >= 0.3 is 12.3 Å². The topological polar surface area (TPSA) is 93.6 Å². The predicted octanol–water partition coefficient (Wildman–Crippen LogP) is 5.24. The van der Waals surface area contributed by atoms with Gasteiger partial charge in [-0.15, -0.1) is 13.2 Å². The Hall–Kier alpha value is -3.73. The lowest BCUT2D eigenvalue weighted by Gasteiger charge is -2.11. The number of ether oxygens (including phenoxy) is 2. The molecule has 1 aliphatic carbocycles. The third-order valence-corrected chi connectivity index (χ3v) is 5.96. The van der Waals surface area contributed by atoms with Crippen molar-refractivity contribution in [2.24, 2.45) is 0 Å². The van der Waals surface area contributed by atoms with E-state index in [2.05, 4.69) is 20.0 Å². The number of carbonyl (C=O) groups is 1. The highest BCUT2D eigenvalue weighted by Gasteiger charge is 2.31. The van der Waals surface area contributed by atoms with Gasteiger partial charge in [-0.05, 0) is 79.3 Å². The minimum atomic E-state index is -4.79. The summed E-state index contributed by atoms with van der Waals surface area (Å²) in [5.74, 6) is -0.794. The maximum Gasteiger partial charge on any atom is 0.573 e. The number of fused-ring (bicyclic) bond motifs is 1. The van der Waals surface area contributed by atoms with Gasteiger partial charge in [0.1, 0.15) is 11.5 Å². The Labute approximate surface area is 210 Å². The summed E-state index contributed by atoms with van der Waals surface area (Å²) >= 11 is 0. The van der Waals surface area contributed by atoms with Crippen molar-refractivity contribution in [1.82, 2.24) is 15.3 Å². The highest BCUT2D eigenvalue weighted by molar-refractivity contribution is 5.68. The first-order valence-electron chi connectivity index (χ1n) is 11.7. The minimum absolute atomic E-state index is 0.0521. The van der Waals surface area contributed by atoms with Crippen LogP contribution in [-0.4, -0.2) is 40.6 Å². The van der Waals surface area contributed by atoms with Gasteiger partial charge in [0, 0.05) is 12.1 Å². The molecule has 0 saturated carbocycles. The number of carboxylic acids is 1. The SMILES string of the molecule is O=C(O)C[C@@H]1CCc2cc(OCCCNCc3nc(-c4ccc(OC(F)(F)F)cc4)ncc3F)ccc21. The van der Waals surface area contributed by atoms with Crippen molar-refractivity contribution in [3.8, 4) is 22.9 Å². The van der Waals surface area contributed by atoms with Gasteiger partial charge < -0.3 is 19.9 Å². The number of benzene rings is 2. The Morgan fingerprint density at radius 2 is 1.89 bits per heavy atom. The average Bonchev–Trinajstić information content (AvgIpc) is 3.23. The Bertz CT molecular complexity index is 1240. The van der Waals surface area contributed by atoms with Crippen LogP contribution in [0, 0.1) is 5.82 Å². The smallest absolute Gasteiger partial charge is 0.494 e. The average molecular weight is 519 g/mol. The van der Waals surface area contributed by atoms with E-state index in [1.807, 2.05) is 18.2 Å². The Morgan fingerprint density at radius 1 is 1.14 bits per heavy atom. The van der Waals surface area contributed by atoms with E-state index in [-0.39, 0.29) is 36.2 Å². The predicted molar refractivity (Wildman–Crippen MR) is 126 cm³/mol. The number of aromatic nitrogens is 2. The maximum atomic E-state index is 14.2. The summed E-state index contributed by atoms with van der Waals surface area (Å²) < 4.78 is 60.8. The van der Waals surface area contributed by atoms with Gasteiger partial charge in [-0.3, -0.25) is 4.79 Å². The van der Waals surface area contributed by atoms with Crippen LogP contribution in [0.25, 0.3) is 11.4 Å². The van der Waals surface area contributed by atoms with Gasteiger partial charge in [-0.2, -0.15) is 0 Å². The molecule has 37 heavy (non-hydrogen) atoms. The number of nitrogens with one attached hydrogen (secondary N) is 1. The van der Waals surface area contributed by atoms with Gasteiger partial charge in [0.2, 0.25) is 0 Å². The van der Waals surface area contributed by atoms with E-state index < -0.39 is 18.1 Å². The molecule has 2 aromatic carbocycles. The lowest BCUT2D eigenvalue weighted by molar-refractivity contribution is -0.274. The molecule has 1 heterocycles. The number of hydrogen-bond acceptors (Lipinski definition) is 6. The van der Waals surface area contributed by atoms with Crippen molar-refractivity contribution in [2.75, 3.05) is 13.2 Å². The quantitative estimate of drug-likeness (QED) is 0.264. The van der Waals surface area contributed by atoms with E-state index in [1.54, 1.807) is 0 Å². The third kappa shape index (κ3) is 7.39. The number of rotatable bonds is 11. The van der Waals surface area contributed by atoms with Crippen molar-refractivity contribution in [3.63, 3.8) is 0 Å². The summed E-state index contributed by atoms with van der Waals surface area (Å²) in [7, 11) is 0. The van der Waals surface area contributed by atoms with Crippen LogP contribution in [0.2, 0.25) is 0 Å². The molecule has 0 unspecified atom stereocenters. The van der Waals surface area contributed by atoms with Crippen molar-refractivity contribution < 1.29 is 36.9 Å². The van der Waals surface area contributed by atoms with Gasteiger partial charge in [0.05, 0.1) is 24.9 Å². The molecule has 1 atom stereocenters. The zero-order valence-electron chi connectivity index (χ0n) is 19.7. The number of aryl methyl sites for hydroxylation is 1. The highest BCUT2D eigenvalue weighted by Crippen LogP contribution is 2.37. The number of alkyl halides is 3. The summed E-state index contributed by atoms with van der Waals surface area (Å²) in [5, 5.41) is 12.1. The van der Waals surface area contributed by atoms with Crippen LogP contribution in [0.3, 0.4) is 0 Å². The van der Waals surface area contributed by atoms with E-state index >= 15 is 0 Å². The lowest BCUT2D eigenvalue weighted by Crippen LogP contribution is -2.19. The van der Waals surface area contributed by atoms with Gasteiger partial charge in [0.15, 0.2) is 11.6 Å². The molecule has 3 aromatic rings. The second kappa shape index (κ2) is 11.5. The summed E-state index contributed by atoms with van der Waals surface area (Å²) in [4.78, 5) is 19.1. The monoisotopic (exact) mass is 519 g/mol. The second-order valence-corrected chi connectivity index (χ2v) is 8.63. The zero-order chi connectivity index (χ0) is 26.4. The van der Waals surface area contributed by atoms with E-state index in [4.69, 9.17) is 9.84 Å².